The fourth-order valence-corrected chi connectivity index (χ4v) is 2.35. The van der Waals surface area contributed by atoms with Crippen LogP contribution in [0.2, 0.25) is 0 Å². The van der Waals surface area contributed by atoms with Gasteiger partial charge in [-0.25, -0.2) is 5.90 Å². The number of carbonyl (C=O) groups excluding carboxylic acids is 3. The van der Waals surface area contributed by atoms with E-state index in [0.29, 0.717) is 78.7 Å². The minimum Gasteiger partial charge on any atom is -0.379 e. The van der Waals surface area contributed by atoms with Crippen molar-refractivity contribution < 1.29 is 38.2 Å². The summed E-state index contributed by atoms with van der Waals surface area (Å²) in [4.78, 5) is 38.6. The Balaban J connectivity index is 3.26. The maximum atomic E-state index is 11.6. The Labute approximate surface area is 196 Å². The molecule has 0 atom stereocenters. The molecule has 3 amide bonds. The van der Waals surface area contributed by atoms with Gasteiger partial charge in [0.05, 0.1) is 33.0 Å². The van der Waals surface area contributed by atoms with Gasteiger partial charge in [0.1, 0.15) is 13.2 Å². The lowest BCUT2D eigenvalue weighted by Crippen LogP contribution is -2.33. The van der Waals surface area contributed by atoms with Gasteiger partial charge in [-0.1, -0.05) is 6.92 Å². The van der Waals surface area contributed by atoms with Crippen molar-refractivity contribution >= 4 is 17.7 Å². The van der Waals surface area contributed by atoms with E-state index in [4.69, 9.17) is 24.8 Å². The Bertz CT molecular complexity index is 497. The van der Waals surface area contributed by atoms with Crippen molar-refractivity contribution in [3.8, 4) is 0 Å². The Hall–Kier alpha value is -1.83. The zero-order valence-corrected chi connectivity index (χ0v) is 19.9. The van der Waals surface area contributed by atoms with E-state index < -0.39 is 0 Å². The summed E-state index contributed by atoms with van der Waals surface area (Å²) in [5.41, 5.74) is 0. The van der Waals surface area contributed by atoms with E-state index in [9.17, 15) is 14.4 Å². The molecule has 0 fully saturated rings. The van der Waals surface area contributed by atoms with Gasteiger partial charge in [-0.15, -0.1) is 0 Å². The third-order valence-electron chi connectivity index (χ3n) is 4.12. The smallest absolute Gasteiger partial charge is 0.246 e. The zero-order chi connectivity index (χ0) is 24.4. The molecular formula is C21H42N4O8. The highest BCUT2D eigenvalue weighted by Crippen LogP contribution is 1.88. The molecule has 0 radical (unpaired) electrons. The number of hydrogen-bond acceptors (Lipinski definition) is 9. The van der Waals surface area contributed by atoms with Gasteiger partial charge in [-0.3, -0.25) is 14.4 Å². The third-order valence-corrected chi connectivity index (χ3v) is 4.12. The maximum absolute atomic E-state index is 11.6. The molecule has 0 aliphatic heterocycles. The minimum absolute atomic E-state index is 0.0496. The fraction of sp³-hybridized carbons (Fsp3) is 0.857. The molecule has 0 rings (SSSR count). The van der Waals surface area contributed by atoms with Crippen LogP contribution >= 0.6 is 0 Å². The molecule has 0 unspecified atom stereocenters. The highest BCUT2D eigenvalue weighted by atomic mass is 16.6. The van der Waals surface area contributed by atoms with Gasteiger partial charge in [-0.05, 0) is 25.7 Å². The molecule has 12 nitrogen and oxygen atoms in total. The predicted molar refractivity (Wildman–Crippen MR) is 121 cm³/mol. The van der Waals surface area contributed by atoms with Crippen molar-refractivity contribution in [2.75, 3.05) is 79.1 Å². The second-order valence-electron chi connectivity index (χ2n) is 7.02. The van der Waals surface area contributed by atoms with Gasteiger partial charge in [-0.2, -0.15) is 0 Å². The first-order valence-electron chi connectivity index (χ1n) is 11.5. The van der Waals surface area contributed by atoms with E-state index in [1.54, 1.807) is 0 Å². The first kappa shape index (κ1) is 31.2. The molecule has 0 spiro atoms. The molecule has 12 heteroatoms. The number of amides is 3. The predicted octanol–water partition coefficient (Wildman–Crippen LogP) is -0.738. The van der Waals surface area contributed by atoms with Crippen LogP contribution in [0.25, 0.3) is 0 Å². The molecule has 0 aromatic rings. The SMILES string of the molecule is CCC(=O)NCCCOCCOCCOCCCNC(=O)COCC(=O)NCCCCON. The second-order valence-corrected chi connectivity index (χ2v) is 7.02. The summed E-state index contributed by atoms with van der Waals surface area (Å²) in [7, 11) is 0. The van der Waals surface area contributed by atoms with Crippen molar-refractivity contribution in [1.29, 1.82) is 0 Å². The number of carbonyl (C=O) groups is 3. The van der Waals surface area contributed by atoms with E-state index in [2.05, 4.69) is 20.8 Å². The summed E-state index contributed by atoms with van der Waals surface area (Å²) in [6.07, 6.45) is 3.45. The largest absolute Gasteiger partial charge is 0.379 e. The summed E-state index contributed by atoms with van der Waals surface area (Å²) in [6, 6.07) is 0. The average molecular weight is 479 g/mol. The van der Waals surface area contributed by atoms with Crippen LogP contribution in [0.3, 0.4) is 0 Å². The Kier molecular flexibility index (Phi) is 23.4. The van der Waals surface area contributed by atoms with Crippen molar-refractivity contribution in [3.63, 3.8) is 0 Å². The second kappa shape index (κ2) is 24.8. The van der Waals surface area contributed by atoms with Crippen LogP contribution in [0.15, 0.2) is 0 Å². The maximum Gasteiger partial charge on any atom is 0.246 e. The number of nitrogens with one attached hydrogen (secondary N) is 3. The van der Waals surface area contributed by atoms with Crippen molar-refractivity contribution in [1.82, 2.24) is 16.0 Å². The molecule has 0 saturated heterocycles. The molecule has 33 heavy (non-hydrogen) atoms. The lowest BCUT2D eigenvalue weighted by Gasteiger charge is -2.08. The standard InChI is InChI=1S/C21H42N4O8/c1-2-19(26)23-8-5-10-29-13-15-31-16-14-30-11-6-9-25-21(28)18-32-17-20(27)24-7-3-4-12-33-22/h2-18,22H2,1H3,(H,23,26)(H,24,27)(H,25,28). The monoisotopic (exact) mass is 478 g/mol. The summed E-state index contributed by atoms with van der Waals surface area (Å²) in [5, 5.41) is 8.17. The van der Waals surface area contributed by atoms with Crippen LogP contribution in [0, 0.1) is 0 Å². The van der Waals surface area contributed by atoms with Gasteiger partial charge >= 0.3 is 0 Å². The number of hydrogen-bond donors (Lipinski definition) is 4. The van der Waals surface area contributed by atoms with Gasteiger partial charge < -0.3 is 39.7 Å². The molecular weight excluding hydrogens is 436 g/mol. The highest BCUT2D eigenvalue weighted by molar-refractivity contribution is 5.79. The van der Waals surface area contributed by atoms with Crippen molar-refractivity contribution in [2.45, 2.75) is 39.0 Å². The summed E-state index contributed by atoms with van der Waals surface area (Å²) in [5.74, 6) is 4.41. The van der Waals surface area contributed by atoms with Crippen LogP contribution in [0.5, 0.6) is 0 Å². The summed E-state index contributed by atoms with van der Waals surface area (Å²) < 4.78 is 21.3. The normalized spacial score (nSPS) is 10.7. The molecule has 0 aromatic heterocycles. The molecule has 5 N–H and O–H groups in total. The van der Waals surface area contributed by atoms with Crippen molar-refractivity contribution in [2.24, 2.45) is 5.90 Å². The third kappa shape index (κ3) is 24.6. The van der Waals surface area contributed by atoms with E-state index in [1.165, 1.54) is 0 Å². The van der Waals surface area contributed by atoms with Crippen LogP contribution in [0.1, 0.15) is 39.0 Å². The lowest BCUT2D eigenvalue weighted by molar-refractivity contribution is -0.131. The van der Waals surface area contributed by atoms with Crippen LogP contribution in [-0.4, -0.2) is 96.8 Å². The van der Waals surface area contributed by atoms with Gasteiger partial charge in [0.2, 0.25) is 17.7 Å². The minimum atomic E-state index is -0.279. The van der Waals surface area contributed by atoms with E-state index in [-0.39, 0.29) is 30.9 Å². The van der Waals surface area contributed by atoms with Crippen LogP contribution < -0.4 is 21.8 Å². The fourth-order valence-electron chi connectivity index (χ4n) is 2.35. The Morgan fingerprint density at radius 3 is 1.52 bits per heavy atom. The Morgan fingerprint density at radius 2 is 1.03 bits per heavy atom. The van der Waals surface area contributed by atoms with Gasteiger partial charge in [0.25, 0.3) is 0 Å². The van der Waals surface area contributed by atoms with E-state index in [0.717, 1.165) is 19.3 Å². The molecule has 0 aliphatic carbocycles. The first-order chi connectivity index (χ1) is 16.1. The zero-order valence-electron chi connectivity index (χ0n) is 19.9. The highest BCUT2D eigenvalue weighted by Gasteiger charge is 2.04. The topological polar surface area (TPSA) is 159 Å². The first-order valence-corrected chi connectivity index (χ1v) is 11.5. The number of unbranched alkanes of at least 4 members (excludes halogenated alkanes) is 1. The molecule has 0 aliphatic rings. The molecule has 194 valence electrons. The van der Waals surface area contributed by atoms with Gasteiger partial charge in [0, 0.05) is 39.3 Å². The van der Waals surface area contributed by atoms with E-state index in [1.807, 2.05) is 6.92 Å². The lowest BCUT2D eigenvalue weighted by atomic mass is 10.3. The average Bonchev–Trinajstić information content (AvgIpc) is 2.81. The Morgan fingerprint density at radius 1 is 0.576 bits per heavy atom. The number of nitrogens with two attached hydrogens (primary N) is 1. The molecule has 0 aromatic carbocycles. The molecule has 0 heterocycles. The summed E-state index contributed by atoms with van der Waals surface area (Å²) >= 11 is 0. The van der Waals surface area contributed by atoms with E-state index >= 15 is 0 Å². The van der Waals surface area contributed by atoms with Gasteiger partial charge in [0.15, 0.2) is 0 Å². The van der Waals surface area contributed by atoms with Crippen LogP contribution in [-0.2, 0) is 38.2 Å². The quantitative estimate of drug-likeness (QED) is 0.103. The molecule has 0 bridgehead atoms. The number of rotatable bonds is 24. The number of ether oxygens (including phenoxy) is 4. The molecule has 0 saturated carbocycles. The van der Waals surface area contributed by atoms with Crippen molar-refractivity contribution in [3.05, 3.63) is 0 Å². The summed E-state index contributed by atoms with van der Waals surface area (Å²) in [6.45, 7) is 6.55. The van der Waals surface area contributed by atoms with Crippen LogP contribution in [0.4, 0.5) is 0 Å².